The molecule has 1 unspecified atom stereocenters. The van der Waals surface area contributed by atoms with Gasteiger partial charge in [0.2, 0.25) is 5.91 Å². The highest BCUT2D eigenvalue weighted by Crippen LogP contribution is 2.19. The van der Waals surface area contributed by atoms with Crippen LogP contribution in [-0.4, -0.2) is 54.5 Å². The predicted molar refractivity (Wildman–Crippen MR) is 151 cm³/mol. The summed E-state index contributed by atoms with van der Waals surface area (Å²) in [5, 5.41) is 0.411. The number of rotatable bonds is 10. The normalized spacial score (nSPS) is 14.6. The van der Waals surface area contributed by atoms with Gasteiger partial charge in [-0.1, -0.05) is 24.3 Å². The molecule has 8 nitrogen and oxygen atoms in total. The third kappa shape index (κ3) is 6.81. The zero-order valence-corrected chi connectivity index (χ0v) is 22.8. The topological polar surface area (TPSA) is 89.3 Å². The Morgan fingerprint density at radius 3 is 2.44 bits per heavy atom. The van der Waals surface area contributed by atoms with Gasteiger partial charge < -0.3 is 23.7 Å². The van der Waals surface area contributed by atoms with E-state index in [1.54, 1.807) is 67.8 Å². The van der Waals surface area contributed by atoms with Gasteiger partial charge in [0.15, 0.2) is 5.43 Å². The molecule has 9 heteroatoms. The van der Waals surface area contributed by atoms with E-state index in [-0.39, 0.29) is 49.5 Å². The number of ether oxygens (including phenoxy) is 2. The van der Waals surface area contributed by atoms with Gasteiger partial charge in [-0.2, -0.15) is 0 Å². The van der Waals surface area contributed by atoms with Gasteiger partial charge in [0, 0.05) is 25.3 Å². The van der Waals surface area contributed by atoms with Crippen molar-refractivity contribution in [2.24, 2.45) is 0 Å². The molecule has 1 fully saturated rings. The third-order valence-electron chi connectivity index (χ3n) is 7.15. The molecule has 0 bridgehead atoms. The molecule has 3 aromatic carbocycles. The highest BCUT2D eigenvalue weighted by atomic mass is 19.1. The maximum absolute atomic E-state index is 13.9. The summed E-state index contributed by atoms with van der Waals surface area (Å²) in [5.41, 5.74) is 1.60. The van der Waals surface area contributed by atoms with Gasteiger partial charge >= 0.3 is 0 Å². The van der Waals surface area contributed by atoms with Crippen LogP contribution in [0.2, 0.25) is 0 Å². The molecule has 4 aromatic rings. The van der Waals surface area contributed by atoms with E-state index in [0.29, 0.717) is 40.0 Å². The predicted octanol–water partition coefficient (Wildman–Crippen LogP) is 4.79. The number of fused-ring (bicyclic) bond motifs is 1. The molecular weight excluding hydrogens is 527 g/mol. The minimum absolute atomic E-state index is 0.0477. The molecule has 1 aliphatic heterocycles. The van der Waals surface area contributed by atoms with Crippen molar-refractivity contribution in [2.75, 3.05) is 26.8 Å². The van der Waals surface area contributed by atoms with E-state index in [1.165, 1.54) is 28.2 Å². The Bertz CT molecular complexity index is 1560. The molecule has 212 valence electrons. The lowest BCUT2D eigenvalue weighted by Crippen LogP contribution is -2.45. The Morgan fingerprint density at radius 1 is 0.976 bits per heavy atom. The smallest absolute Gasteiger partial charge is 0.254 e. The summed E-state index contributed by atoms with van der Waals surface area (Å²) in [4.78, 5) is 43.7. The Labute approximate surface area is 236 Å². The second-order valence-electron chi connectivity index (χ2n) is 10.0. The maximum Gasteiger partial charge on any atom is 0.254 e. The van der Waals surface area contributed by atoms with Crippen LogP contribution in [0.25, 0.3) is 11.0 Å². The summed E-state index contributed by atoms with van der Waals surface area (Å²) in [6.45, 7) is 0.686. The average molecular weight is 559 g/mol. The van der Waals surface area contributed by atoms with Crippen molar-refractivity contribution in [1.82, 2.24) is 9.80 Å². The van der Waals surface area contributed by atoms with E-state index in [1.807, 2.05) is 0 Å². The molecule has 2 amide bonds. The SMILES string of the molecule is COc1ccc(C(=O)N(CC(=O)N(Cc2ccc(F)cc2)Cc2coc3ccccc3c2=O)CC2CCCO2)cc1. The second-order valence-corrected chi connectivity index (χ2v) is 10.0. The minimum atomic E-state index is -0.394. The van der Waals surface area contributed by atoms with Crippen molar-refractivity contribution in [3.8, 4) is 5.75 Å². The molecule has 0 aliphatic carbocycles. The zero-order chi connectivity index (χ0) is 28.8. The number of carbonyl (C=O) groups excluding carboxylic acids is 2. The Morgan fingerprint density at radius 2 is 1.73 bits per heavy atom. The fraction of sp³-hybridized carbons (Fsp3) is 0.281. The van der Waals surface area contributed by atoms with Crippen LogP contribution < -0.4 is 10.2 Å². The number of hydrogen-bond donors (Lipinski definition) is 0. The number of amides is 2. The first-order chi connectivity index (χ1) is 19.9. The van der Waals surface area contributed by atoms with Gasteiger partial charge in [0.25, 0.3) is 5.91 Å². The molecule has 2 heterocycles. The quantitative estimate of drug-likeness (QED) is 0.278. The lowest BCUT2D eigenvalue weighted by Gasteiger charge is -2.29. The molecule has 0 spiro atoms. The van der Waals surface area contributed by atoms with Crippen molar-refractivity contribution >= 4 is 22.8 Å². The standard InChI is InChI=1S/C32H31FN2O6/c1-39-26-14-10-23(11-15-26)32(38)35(19-27-5-4-16-40-27)20-30(36)34(17-22-8-12-25(33)13-9-22)18-24-21-41-29-7-3-2-6-28(29)31(24)37/h2-3,6-15,21,27H,4-5,16-20H2,1H3. The molecule has 5 rings (SSSR count). The van der Waals surface area contributed by atoms with Crippen molar-refractivity contribution in [3.63, 3.8) is 0 Å². The zero-order valence-electron chi connectivity index (χ0n) is 22.8. The number of hydrogen-bond acceptors (Lipinski definition) is 6. The minimum Gasteiger partial charge on any atom is -0.497 e. The maximum atomic E-state index is 13.9. The Kier molecular flexibility index (Phi) is 8.74. The number of methoxy groups -OCH3 is 1. The monoisotopic (exact) mass is 558 g/mol. The van der Waals surface area contributed by atoms with Crippen LogP contribution in [0.3, 0.4) is 0 Å². The largest absolute Gasteiger partial charge is 0.497 e. The third-order valence-corrected chi connectivity index (χ3v) is 7.15. The van der Waals surface area contributed by atoms with E-state index >= 15 is 0 Å². The molecule has 1 aromatic heterocycles. The van der Waals surface area contributed by atoms with E-state index in [9.17, 15) is 18.8 Å². The van der Waals surface area contributed by atoms with Gasteiger partial charge in [-0.15, -0.1) is 0 Å². The Hall–Kier alpha value is -4.50. The lowest BCUT2D eigenvalue weighted by atomic mass is 10.1. The van der Waals surface area contributed by atoms with Crippen LogP contribution in [0, 0.1) is 5.82 Å². The second kappa shape index (κ2) is 12.8. The van der Waals surface area contributed by atoms with Crippen molar-refractivity contribution in [2.45, 2.75) is 32.0 Å². The number of carbonyl (C=O) groups is 2. The number of nitrogens with zero attached hydrogens (tertiary/aromatic N) is 2. The Balaban J connectivity index is 1.43. The number of benzene rings is 3. The average Bonchev–Trinajstić information content (AvgIpc) is 3.52. The fourth-order valence-electron chi connectivity index (χ4n) is 4.91. The first kappa shape index (κ1) is 28.0. The van der Waals surface area contributed by atoms with Gasteiger partial charge in [0.1, 0.15) is 23.7 Å². The highest BCUT2D eigenvalue weighted by molar-refractivity contribution is 5.96. The van der Waals surface area contributed by atoms with E-state index in [4.69, 9.17) is 13.9 Å². The summed E-state index contributed by atoms with van der Waals surface area (Å²) < 4.78 is 30.3. The van der Waals surface area contributed by atoms with E-state index < -0.39 is 5.82 Å². The molecule has 1 atom stereocenters. The van der Waals surface area contributed by atoms with E-state index in [2.05, 4.69) is 0 Å². The van der Waals surface area contributed by atoms with Crippen LogP contribution in [0.15, 0.2) is 88.3 Å². The summed E-state index contributed by atoms with van der Waals surface area (Å²) in [7, 11) is 1.55. The molecular formula is C32H31FN2O6. The number of halogens is 1. The van der Waals surface area contributed by atoms with Crippen molar-refractivity contribution < 1.29 is 27.9 Å². The first-order valence-corrected chi connectivity index (χ1v) is 13.5. The van der Waals surface area contributed by atoms with Crippen LogP contribution in [0.1, 0.15) is 34.3 Å². The van der Waals surface area contributed by atoms with Crippen LogP contribution in [0.4, 0.5) is 4.39 Å². The number of para-hydroxylation sites is 1. The van der Waals surface area contributed by atoms with Crippen molar-refractivity contribution in [1.29, 1.82) is 0 Å². The summed E-state index contributed by atoms with van der Waals surface area (Å²) in [6, 6.07) is 19.4. The first-order valence-electron chi connectivity index (χ1n) is 13.5. The van der Waals surface area contributed by atoms with Gasteiger partial charge in [0.05, 0.1) is 37.0 Å². The molecule has 1 saturated heterocycles. The van der Waals surface area contributed by atoms with Crippen molar-refractivity contribution in [3.05, 3.63) is 112 Å². The summed E-state index contributed by atoms with van der Waals surface area (Å²) in [6.07, 6.45) is 2.86. The van der Waals surface area contributed by atoms with Gasteiger partial charge in [-0.05, 0) is 66.9 Å². The van der Waals surface area contributed by atoms with Gasteiger partial charge in [-0.3, -0.25) is 14.4 Å². The molecule has 0 radical (unpaired) electrons. The van der Waals surface area contributed by atoms with Crippen LogP contribution >= 0.6 is 0 Å². The fourth-order valence-corrected chi connectivity index (χ4v) is 4.91. The molecule has 0 N–H and O–H groups in total. The summed E-state index contributed by atoms with van der Waals surface area (Å²) >= 11 is 0. The van der Waals surface area contributed by atoms with Crippen LogP contribution in [-0.2, 0) is 22.6 Å². The van der Waals surface area contributed by atoms with E-state index in [0.717, 1.165) is 12.8 Å². The lowest BCUT2D eigenvalue weighted by molar-refractivity contribution is -0.133. The summed E-state index contributed by atoms with van der Waals surface area (Å²) in [5.74, 6) is -0.470. The van der Waals surface area contributed by atoms with Crippen LogP contribution in [0.5, 0.6) is 5.75 Å². The molecule has 0 saturated carbocycles. The molecule has 1 aliphatic rings. The molecule has 41 heavy (non-hydrogen) atoms. The highest BCUT2D eigenvalue weighted by Gasteiger charge is 2.28. The van der Waals surface area contributed by atoms with Gasteiger partial charge in [-0.25, -0.2) is 4.39 Å².